The zero-order chi connectivity index (χ0) is 20.8. The lowest BCUT2D eigenvalue weighted by atomic mass is 9.89. The SMILES string of the molecule is C=C(/C=C(\C=C(C)C)CC)C(CCC)CCC.CC.CCCCCCC. The highest BCUT2D eigenvalue weighted by Gasteiger charge is 2.09. The Morgan fingerprint density at radius 3 is 1.50 bits per heavy atom. The van der Waals surface area contributed by atoms with Crippen molar-refractivity contribution >= 4 is 0 Å². The monoisotopic (exact) mass is 364 g/mol. The van der Waals surface area contributed by atoms with Crippen LogP contribution in [0.3, 0.4) is 0 Å². The Kier molecular flexibility index (Phi) is 27.9. The fourth-order valence-electron chi connectivity index (χ4n) is 2.86. The quantitative estimate of drug-likeness (QED) is 0.238. The van der Waals surface area contributed by atoms with Crippen LogP contribution in [-0.2, 0) is 0 Å². The molecule has 0 N–H and O–H groups in total. The first-order valence-electron chi connectivity index (χ1n) is 11.5. The molecule has 0 saturated carbocycles. The van der Waals surface area contributed by atoms with E-state index in [1.54, 1.807) is 0 Å². The average Bonchev–Trinajstić information content (AvgIpc) is 2.63. The van der Waals surface area contributed by atoms with Crippen molar-refractivity contribution in [1.29, 1.82) is 0 Å². The van der Waals surface area contributed by atoms with Gasteiger partial charge in [0.05, 0.1) is 0 Å². The minimum Gasteiger partial charge on any atom is -0.0955 e. The van der Waals surface area contributed by atoms with Gasteiger partial charge < -0.3 is 0 Å². The summed E-state index contributed by atoms with van der Waals surface area (Å²) in [5, 5.41) is 0. The fourth-order valence-corrected chi connectivity index (χ4v) is 2.86. The molecule has 0 heterocycles. The molecule has 0 aromatic heterocycles. The lowest BCUT2D eigenvalue weighted by Gasteiger charge is -2.16. The smallest absolute Gasteiger partial charge is 0.0168 e. The van der Waals surface area contributed by atoms with Gasteiger partial charge in [-0.3, -0.25) is 0 Å². The molecule has 0 nitrogen and oxygen atoms in total. The molecule has 0 aliphatic carbocycles. The molecule has 0 atom stereocenters. The second kappa shape index (κ2) is 24.2. The van der Waals surface area contributed by atoms with Crippen LogP contribution < -0.4 is 0 Å². The van der Waals surface area contributed by atoms with Crippen LogP contribution in [0.25, 0.3) is 0 Å². The second-order valence-electron chi connectivity index (χ2n) is 7.20. The van der Waals surface area contributed by atoms with Crippen molar-refractivity contribution in [2.24, 2.45) is 5.92 Å². The van der Waals surface area contributed by atoms with Crippen molar-refractivity contribution in [3.05, 3.63) is 35.5 Å². The van der Waals surface area contributed by atoms with Gasteiger partial charge >= 0.3 is 0 Å². The maximum atomic E-state index is 4.28. The Morgan fingerprint density at radius 2 is 1.19 bits per heavy atom. The summed E-state index contributed by atoms with van der Waals surface area (Å²) in [6.45, 7) is 23.8. The summed E-state index contributed by atoms with van der Waals surface area (Å²) in [7, 11) is 0. The summed E-state index contributed by atoms with van der Waals surface area (Å²) in [6.07, 6.45) is 17.7. The highest BCUT2D eigenvalue weighted by Crippen LogP contribution is 2.24. The third-order valence-electron chi connectivity index (χ3n) is 4.26. The Bertz CT molecular complexity index is 329. The summed E-state index contributed by atoms with van der Waals surface area (Å²) in [6, 6.07) is 0. The molecule has 0 spiro atoms. The van der Waals surface area contributed by atoms with Crippen molar-refractivity contribution < 1.29 is 0 Å². The van der Waals surface area contributed by atoms with Gasteiger partial charge in [0.25, 0.3) is 0 Å². The molecule has 0 amide bonds. The number of unbranched alkanes of at least 4 members (excludes halogenated alkanes) is 4. The first-order valence-corrected chi connectivity index (χ1v) is 11.5. The molecule has 0 aromatic carbocycles. The molecule has 0 radical (unpaired) electrons. The predicted molar refractivity (Wildman–Crippen MR) is 126 cm³/mol. The van der Waals surface area contributed by atoms with Gasteiger partial charge in [-0.15, -0.1) is 0 Å². The van der Waals surface area contributed by atoms with Crippen LogP contribution in [0.15, 0.2) is 35.5 Å². The van der Waals surface area contributed by atoms with Gasteiger partial charge in [0.15, 0.2) is 0 Å². The minimum absolute atomic E-state index is 0.678. The number of allylic oxidation sites excluding steroid dienone is 5. The molecule has 0 aromatic rings. The minimum atomic E-state index is 0.678. The van der Waals surface area contributed by atoms with Gasteiger partial charge in [-0.25, -0.2) is 0 Å². The number of hydrogen-bond donors (Lipinski definition) is 0. The summed E-state index contributed by atoms with van der Waals surface area (Å²) in [5.74, 6) is 0.678. The maximum absolute atomic E-state index is 4.28. The Morgan fingerprint density at radius 1 is 0.731 bits per heavy atom. The van der Waals surface area contributed by atoms with Crippen LogP contribution in [0.1, 0.15) is 127 Å². The average molecular weight is 365 g/mol. The van der Waals surface area contributed by atoms with Crippen LogP contribution in [0, 0.1) is 5.92 Å². The third kappa shape index (κ3) is 21.3. The van der Waals surface area contributed by atoms with Crippen molar-refractivity contribution in [2.75, 3.05) is 0 Å². The molecule has 0 saturated heterocycles. The molecule has 0 heteroatoms. The molecule has 26 heavy (non-hydrogen) atoms. The molecule has 0 rings (SSSR count). The van der Waals surface area contributed by atoms with E-state index in [-0.39, 0.29) is 0 Å². The van der Waals surface area contributed by atoms with Crippen LogP contribution in [0.5, 0.6) is 0 Å². The van der Waals surface area contributed by atoms with E-state index >= 15 is 0 Å². The van der Waals surface area contributed by atoms with Gasteiger partial charge in [0, 0.05) is 0 Å². The zero-order valence-electron chi connectivity index (χ0n) is 20.0. The summed E-state index contributed by atoms with van der Waals surface area (Å²) >= 11 is 0. The van der Waals surface area contributed by atoms with Crippen molar-refractivity contribution in [1.82, 2.24) is 0 Å². The molecular formula is C26H52. The van der Waals surface area contributed by atoms with E-state index in [2.05, 4.69) is 67.2 Å². The molecule has 0 aliphatic rings. The largest absolute Gasteiger partial charge is 0.0955 e. The van der Waals surface area contributed by atoms with Gasteiger partial charge in [-0.2, -0.15) is 0 Å². The van der Waals surface area contributed by atoms with E-state index < -0.39 is 0 Å². The Hall–Kier alpha value is -0.780. The summed E-state index contributed by atoms with van der Waals surface area (Å²) in [4.78, 5) is 0. The number of rotatable bonds is 12. The maximum Gasteiger partial charge on any atom is -0.0168 e. The molecule has 0 bridgehead atoms. The topological polar surface area (TPSA) is 0 Å². The normalized spacial score (nSPS) is 10.5. The van der Waals surface area contributed by atoms with Gasteiger partial charge in [-0.1, -0.05) is 123 Å². The van der Waals surface area contributed by atoms with E-state index in [9.17, 15) is 0 Å². The van der Waals surface area contributed by atoms with Crippen LogP contribution in [-0.4, -0.2) is 0 Å². The number of hydrogen-bond acceptors (Lipinski definition) is 0. The van der Waals surface area contributed by atoms with Gasteiger partial charge in [0.2, 0.25) is 0 Å². The predicted octanol–water partition coefficient (Wildman–Crippen LogP) is 10.1. The van der Waals surface area contributed by atoms with Crippen molar-refractivity contribution in [3.8, 4) is 0 Å². The highest BCUT2D eigenvalue weighted by molar-refractivity contribution is 5.31. The highest BCUT2D eigenvalue weighted by atomic mass is 14.1. The van der Waals surface area contributed by atoms with Crippen LogP contribution >= 0.6 is 0 Å². The first-order chi connectivity index (χ1) is 12.5. The molecule has 0 aliphatic heterocycles. The molecule has 0 unspecified atom stereocenters. The standard InChI is InChI=1S/C17H30.C7H16.C2H6/c1-7-10-17(11-8-2)15(6)13-16(9-3)12-14(4)5;1-3-5-7-6-4-2;1-2/h12-13,17H,6-11H2,1-5H3;3-7H2,1-2H3;1-2H3/b16-13-;;. The fraction of sp³-hybridized carbons (Fsp3) is 0.769. The Labute approximate surface area is 168 Å². The van der Waals surface area contributed by atoms with Gasteiger partial charge in [-0.05, 0) is 44.6 Å². The lowest BCUT2D eigenvalue weighted by Crippen LogP contribution is -2.01. The lowest BCUT2D eigenvalue weighted by molar-refractivity contribution is 0.513. The van der Waals surface area contributed by atoms with Crippen LogP contribution in [0.4, 0.5) is 0 Å². The van der Waals surface area contributed by atoms with Crippen molar-refractivity contribution in [2.45, 2.75) is 127 Å². The third-order valence-corrected chi connectivity index (χ3v) is 4.26. The second-order valence-corrected chi connectivity index (χ2v) is 7.20. The molecule has 156 valence electrons. The van der Waals surface area contributed by atoms with E-state index in [0.29, 0.717) is 5.92 Å². The molecule has 0 fully saturated rings. The Balaban J connectivity index is -0.000000491. The zero-order valence-corrected chi connectivity index (χ0v) is 20.0. The van der Waals surface area contributed by atoms with Gasteiger partial charge in [0.1, 0.15) is 0 Å². The van der Waals surface area contributed by atoms with Crippen molar-refractivity contribution in [3.63, 3.8) is 0 Å². The summed E-state index contributed by atoms with van der Waals surface area (Å²) < 4.78 is 0. The first kappa shape index (κ1) is 30.0. The summed E-state index contributed by atoms with van der Waals surface area (Å²) in [5.41, 5.74) is 4.10. The van der Waals surface area contributed by atoms with Crippen LogP contribution in [0.2, 0.25) is 0 Å². The van der Waals surface area contributed by atoms with E-state index in [1.165, 1.54) is 74.5 Å². The van der Waals surface area contributed by atoms with E-state index in [1.807, 2.05) is 13.8 Å². The molecular weight excluding hydrogens is 312 g/mol. The van der Waals surface area contributed by atoms with E-state index in [0.717, 1.165) is 6.42 Å². The van der Waals surface area contributed by atoms with E-state index in [4.69, 9.17) is 0 Å².